The highest BCUT2D eigenvalue weighted by molar-refractivity contribution is 5.33. The number of hydrogen-bond donors (Lipinski definition) is 1. The molecular formula is C14H15FN2O. The molecule has 0 saturated carbocycles. The summed E-state index contributed by atoms with van der Waals surface area (Å²) in [6.07, 6.45) is 3.25. The molecule has 0 fully saturated rings. The Kier molecular flexibility index (Phi) is 4.25. The first-order valence-corrected chi connectivity index (χ1v) is 5.86. The smallest absolute Gasteiger partial charge is 0.145 e. The molecule has 1 heterocycles. The Labute approximate surface area is 106 Å². The molecule has 0 unspecified atom stereocenters. The molecule has 0 bridgehead atoms. The van der Waals surface area contributed by atoms with Crippen LogP contribution in [0.5, 0.6) is 11.5 Å². The van der Waals surface area contributed by atoms with Gasteiger partial charge in [0, 0.05) is 18.8 Å². The van der Waals surface area contributed by atoms with Crippen molar-refractivity contribution in [1.29, 1.82) is 0 Å². The molecule has 18 heavy (non-hydrogen) atoms. The van der Waals surface area contributed by atoms with Crippen molar-refractivity contribution in [3.8, 4) is 11.5 Å². The van der Waals surface area contributed by atoms with Crippen LogP contribution in [0.3, 0.4) is 0 Å². The molecule has 0 atom stereocenters. The summed E-state index contributed by atoms with van der Waals surface area (Å²) in [6.45, 7) is 3.47. The molecule has 0 aliphatic rings. The second-order valence-electron chi connectivity index (χ2n) is 3.87. The normalized spacial score (nSPS) is 10.3. The number of pyridine rings is 1. The van der Waals surface area contributed by atoms with Gasteiger partial charge in [0.05, 0.1) is 6.20 Å². The van der Waals surface area contributed by atoms with Crippen molar-refractivity contribution in [2.45, 2.75) is 13.5 Å². The summed E-state index contributed by atoms with van der Waals surface area (Å²) in [6, 6.07) is 8.23. The molecule has 0 spiro atoms. The van der Waals surface area contributed by atoms with E-state index in [0.29, 0.717) is 18.0 Å². The van der Waals surface area contributed by atoms with Crippen LogP contribution in [-0.2, 0) is 6.54 Å². The van der Waals surface area contributed by atoms with Gasteiger partial charge in [-0.05, 0) is 36.4 Å². The first kappa shape index (κ1) is 12.5. The van der Waals surface area contributed by atoms with Crippen molar-refractivity contribution < 1.29 is 9.13 Å². The summed E-state index contributed by atoms with van der Waals surface area (Å²) in [5.41, 5.74) is 0.857. The molecule has 3 nitrogen and oxygen atoms in total. The summed E-state index contributed by atoms with van der Waals surface area (Å²) in [5, 5.41) is 3.15. The van der Waals surface area contributed by atoms with Crippen LogP contribution in [-0.4, -0.2) is 11.5 Å². The molecule has 2 aromatic rings. The summed E-state index contributed by atoms with van der Waals surface area (Å²) in [5.74, 6) is 0.776. The third-order valence-electron chi connectivity index (χ3n) is 2.38. The number of hydrogen-bond acceptors (Lipinski definition) is 3. The van der Waals surface area contributed by atoms with E-state index in [1.807, 2.05) is 13.0 Å². The highest BCUT2D eigenvalue weighted by atomic mass is 19.1. The van der Waals surface area contributed by atoms with Crippen LogP contribution in [0.2, 0.25) is 0 Å². The molecule has 0 aliphatic heterocycles. The fourth-order valence-corrected chi connectivity index (χ4v) is 1.59. The van der Waals surface area contributed by atoms with Gasteiger partial charge < -0.3 is 10.1 Å². The van der Waals surface area contributed by atoms with Crippen LogP contribution in [0, 0.1) is 5.82 Å². The monoisotopic (exact) mass is 246 g/mol. The predicted molar refractivity (Wildman–Crippen MR) is 68.1 cm³/mol. The summed E-state index contributed by atoms with van der Waals surface area (Å²) in [4.78, 5) is 3.94. The molecule has 0 saturated heterocycles. The number of benzene rings is 1. The average molecular weight is 246 g/mol. The number of rotatable bonds is 5. The van der Waals surface area contributed by atoms with Gasteiger partial charge in [0.15, 0.2) is 0 Å². The maximum Gasteiger partial charge on any atom is 0.145 e. The quantitative estimate of drug-likeness (QED) is 0.880. The zero-order valence-corrected chi connectivity index (χ0v) is 10.2. The second-order valence-corrected chi connectivity index (χ2v) is 3.87. The Bertz CT molecular complexity index is 502. The van der Waals surface area contributed by atoms with E-state index in [1.165, 1.54) is 12.1 Å². The molecule has 0 radical (unpaired) electrons. The van der Waals surface area contributed by atoms with E-state index in [1.54, 1.807) is 24.5 Å². The van der Waals surface area contributed by atoms with Crippen LogP contribution < -0.4 is 10.1 Å². The third-order valence-corrected chi connectivity index (χ3v) is 2.38. The molecule has 1 aromatic carbocycles. The van der Waals surface area contributed by atoms with Crippen molar-refractivity contribution in [3.05, 3.63) is 54.1 Å². The fourth-order valence-electron chi connectivity index (χ4n) is 1.59. The minimum atomic E-state index is -0.302. The molecule has 1 N–H and O–H groups in total. The standard InChI is InChI=1S/C14H15FN2O/c1-2-16-9-11-6-12(15)8-14(7-11)18-13-4-3-5-17-10-13/h3-8,10,16H,2,9H2,1H3. The maximum atomic E-state index is 13.4. The van der Waals surface area contributed by atoms with Crippen molar-refractivity contribution in [2.24, 2.45) is 0 Å². The van der Waals surface area contributed by atoms with Gasteiger partial charge in [-0.1, -0.05) is 6.92 Å². The van der Waals surface area contributed by atoms with Gasteiger partial charge in [0.2, 0.25) is 0 Å². The Morgan fingerprint density at radius 2 is 2.17 bits per heavy atom. The topological polar surface area (TPSA) is 34.1 Å². The average Bonchev–Trinajstić information content (AvgIpc) is 2.37. The van der Waals surface area contributed by atoms with Gasteiger partial charge in [-0.25, -0.2) is 4.39 Å². The van der Waals surface area contributed by atoms with Gasteiger partial charge in [-0.2, -0.15) is 0 Å². The summed E-state index contributed by atoms with van der Waals surface area (Å²) < 4.78 is 19.0. The largest absolute Gasteiger partial charge is 0.456 e. The lowest BCUT2D eigenvalue weighted by atomic mass is 10.2. The SMILES string of the molecule is CCNCc1cc(F)cc(Oc2cccnc2)c1. The predicted octanol–water partition coefficient (Wildman–Crippen LogP) is 3.12. The first-order valence-electron chi connectivity index (χ1n) is 5.86. The Balaban J connectivity index is 2.15. The Morgan fingerprint density at radius 1 is 1.28 bits per heavy atom. The molecule has 0 amide bonds. The van der Waals surface area contributed by atoms with E-state index in [-0.39, 0.29) is 5.82 Å². The van der Waals surface area contributed by atoms with Gasteiger partial charge in [-0.15, -0.1) is 0 Å². The molecule has 1 aromatic heterocycles. The van der Waals surface area contributed by atoms with E-state index in [9.17, 15) is 4.39 Å². The van der Waals surface area contributed by atoms with Crippen LogP contribution in [0.4, 0.5) is 4.39 Å². The van der Waals surface area contributed by atoms with Crippen LogP contribution in [0.15, 0.2) is 42.7 Å². The van der Waals surface area contributed by atoms with Crippen LogP contribution >= 0.6 is 0 Å². The maximum absolute atomic E-state index is 13.4. The molecule has 2 rings (SSSR count). The number of aromatic nitrogens is 1. The molecular weight excluding hydrogens is 231 g/mol. The lowest BCUT2D eigenvalue weighted by Gasteiger charge is -2.08. The van der Waals surface area contributed by atoms with Gasteiger partial charge in [0.25, 0.3) is 0 Å². The van der Waals surface area contributed by atoms with Crippen molar-refractivity contribution in [1.82, 2.24) is 10.3 Å². The van der Waals surface area contributed by atoms with E-state index in [4.69, 9.17) is 4.74 Å². The molecule has 94 valence electrons. The van der Waals surface area contributed by atoms with Crippen molar-refractivity contribution in [3.63, 3.8) is 0 Å². The zero-order valence-electron chi connectivity index (χ0n) is 10.2. The van der Waals surface area contributed by atoms with Gasteiger partial charge in [-0.3, -0.25) is 4.98 Å². The highest BCUT2D eigenvalue weighted by Crippen LogP contribution is 2.22. The minimum absolute atomic E-state index is 0.302. The van der Waals surface area contributed by atoms with Gasteiger partial charge >= 0.3 is 0 Å². The number of ether oxygens (including phenoxy) is 1. The van der Waals surface area contributed by atoms with Crippen molar-refractivity contribution in [2.75, 3.05) is 6.54 Å². The lowest BCUT2D eigenvalue weighted by molar-refractivity contribution is 0.473. The molecule has 4 heteroatoms. The number of halogens is 1. The van der Waals surface area contributed by atoms with Crippen molar-refractivity contribution >= 4 is 0 Å². The third kappa shape index (κ3) is 3.53. The number of nitrogens with zero attached hydrogens (tertiary/aromatic N) is 1. The van der Waals surface area contributed by atoms with E-state index < -0.39 is 0 Å². The van der Waals surface area contributed by atoms with Crippen LogP contribution in [0.25, 0.3) is 0 Å². The highest BCUT2D eigenvalue weighted by Gasteiger charge is 2.03. The summed E-state index contributed by atoms with van der Waals surface area (Å²) in [7, 11) is 0. The molecule has 0 aliphatic carbocycles. The van der Waals surface area contributed by atoms with Gasteiger partial charge in [0.1, 0.15) is 17.3 Å². The Morgan fingerprint density at radius 3 is 2.89 bits per heavy atom. The minimum Gasteiger partial charge on any atom is -0.456 e. The first-order chi connectivity index (χ1) is 8.78. The zero-order chi connectivity index (χ0) is 12.8. The summed E-state index contributed by atoms with van der Waals surface area (Å²) >= 11 is 0. The fraction of sp³-hybridized carbons (Fsp3) is 0.214. The lowest BCUT2D eigenvalue weighted by Crippen LogP contribution is -2.11. The van der Waals surface area contributed by atoms with Crippen LogP contribution in [0.1, 0.15) is 12.5 Å². The second kappa shape index (κ2) is 6.12. The van der Waals surface area contributed by atoms with E-state index >= 15 is 0 Å². The number of nitrogens with one attached hydrogen (secondary N) is 1. The van der Waals surface area contributed by atoms with E-state index in [0.717, 1.165) is 12.1 Å². The Hall–Kier alpha value is -1.94. The van der Waals surface area contributed by atoms with E-state index in [2.05, 4.69) is 10.3 Å².